The van der Waals surface area contributed by atoms with Gasteiger partial charge in [0.05, 0.1) is 16.4 Å². The van der Waals surface area contributed by atoms with Crippen molar-refractivity contribution in [1.82, 2.24) is 4.57 Å². The van der Waals surface area contributed by atoms with Gasteiger partial charge in [0.15, 0.2) is 0 Å². The molecule has 0 spiro atoms. The zero-order valence-electron chi connectivity index (χ0n) is 25.3. The molecule has 10 rings (SSSR count). The Hall–Kier alpha value is -5.80. The van der Waals surface area contributed by atoms with Crippen molar-refractivity contribution in [1.29, 1.82) is 0 Å². The van der Waals surface area contributed by atoms with E-state index in [-0.39, 0.29) is 12.0 Å². The molecule has 0 saturated heterocycles. The number of hydrogen-bond donors (Lipinski definition) is 0. The first kappa shape index (κ1) is 25.5. The van der Waals surface area contributed by atoms with Crippen LogP contribution < -0.4 is 4.74 Å². The highest BCUT2D eigenvalue weighted by molar-refractivity contribution is 6.26. The molecule has 3 heterocycles. The number of ether oxygens (including phenoxy) is 1. The molecule has 6 aromatic carbocycles. The van der Waals surface area contributed by atoms with Gasteiger partial charge in [0.25, 0.3) is 0 Å². The number of benzene rings is 6. The number of allylic oxidation sites excluding steroid dienone is 2. The molecule has 218 valence electrons. The molecule has 8 aromatic rings. The Morgan fingerprint density at radius 1 is 0.630 bits per heavy atom. The SMILES string of the molecule is CC1C=C(c2cc3c4ccccc4oc3c3c4ccccc4n(-c4ccc(-c5ccccc5)cc4)c23)C=C2c3ccccc3OC21. The van der Waals surface area contributed by atoms with Gasteiger partial charge in [-0.2, -0.15) is 0 Å². The average molecular weight is 592 g/mol. The van der Waals surface area contributed by atoms with Crippen LogP contribution >= 0.6 is 0 Å². The number of para-hydroxylation sites is 3. The van der Waals surface area contributed by atoms with Gasteiger partial charge >= 0.3 is 0 Å². The van der Waals surface area contributed by atoms with E-state index in [1.807, 2.05) is 6.07 Å². The fraction of sp³-hybridized carbons (Fsp3) is 0.0698. The van der Waals surface area contributed by atoms with Gasteiger partial charge in [-0.25, -0.2) is 0 Å². The van der Waals surface area contributed by atoms with Crippen LogP contribution in [0.1, 0.15) is 18.1 Å². The van der Waals surface area contributed by atoms with Crippen LogP contribution in [0.4, 0.5) is 0 Å². The van der Waals surface area contributed by atoms with E-state index in [9.17, 15) is 0 Å². The summed E-state index contributed by atoms with van der Waals surface area (Å²) in [5, 5.41) is 4.59. The van der Waals surface area contributed by atoms with E-state index in [2.05, 4.69) is 151 Å². The molecule has 2 aromatic heterocycles. The number of nitrogens with zero attached hydrogens (tertiary/aromatic N) is 1. The van der Waals surface area contributed by atoms with Crippen molar-refractivity contribution in [2.24, 2.45) is 5.92 Å². The van der Waals surface area contributed by atoms with Gasteiger partial charge in [0, 0.05) is 44.5 Å². The van der Waals surface area contributed by atoms with Crippen molar-refractivity contribution in [3.63, 3.8) is 0 Å². The molecule has 2 unspecified atom stereocenters. The summed E-state index contributed by atoms with van der Waals surface area (Å²) in [6.07, 6.45) is 4.77. The van der Waals surface area contributed by atoms with E-state index in [0.717, 1.165) is 49.8 Å². The summed E-state index contributed by atoms with van der Waals surface area (Å²) in [6, 6.07) is 47.4. The Morgan fingerprint density at radius 3 is 2.22 bits per heavy atom. The summed E-state index contributed by atoms with van der Waals surface area (Å²) in [7, 11) is 0. The number of furan rings is 1. The molecule has 2 aliphatic rings. The van der Waals surface area contributed by atoms with Gasteiger partial charge in [-0.3, -0.25) is 0 Å². The molecule has 3 nitrogen and oxygen atoms in total. The van der Waals surface area contributed by atoms with Crippen molar-refractivity contribution in [3.8, 4) is 22.6 Å². The van der Waals surface area contributed by atoms with E-state index >= 15 is 0 Å². The number of aromatic nitrogens is 1. The normalized spacial score (nSPS) is 17.2. The summed E-state index contributed by atoms with van der Waals surface area (Å²) < 4.78 is 15.6. The lowest BCUT2D eigenvalue weighted by atomic mass is 9.83. The van der Waals surface area contributed by atoms with E-state index in [1.54, 1.807) is 0 Å². The van der Waals surface area contributed by atoms with Crippen LogP contribution in [0.3, 0.4) is 0 Å². The van der Waals surface area contributed by atoms with Gasteiger partial charge in [-0.05, 0) is 59.2 Å². The minimum absolute atomic E-state index is 0.0199. The van der Waals surface area contributed by atoms with Crippen LogP contribution in [0, 0.1) is 5.92 Å². The first-order chi connectivity index (χ1) is 22.7. The highest BCUT2D eigenvalue weighted by Gasteiger charge is 2.35. The van der Waals surface area contributed by atoms with Gasteiger partial charge in [-0.1, -0.05) is 110 Å². The maximum Gasteiger partial charge on any atom is 0.145 e. The average Bonchev–Trinajstić information content (AvgIpc) is 3.78. The quantitative estimate of drug-likeness (QED) is 0.204. The van der Waals surface area contributed by atoms with Crippen LogP contribution in [0.5, 0.6) is 5.75 Å². The van der Waals surface area contributed by atoms with Crippen molar-refractivity contribution in [3.05, 3.63) is 157 Å². The third kappa shape index (κ3) is 3.60. The Labute approximate surface area is 266 Å². The van der Waals surface area contributed by atoms with E-state index in [1.165, 1.54) is 38.8 Å². The highest BCUT2D eigenvalue weighted by atomic mass is 16.5. The summed E-state index contributed by atoms with van der Waals surface area (Å²) in [6.45, 7) is 2.27. The standard InChI is InChI=1S/C43H29NO2/c1-26-23-29(24-35-31-13-6-9-17-38(31)45-42(26)35)34-25-36-32-14-7-10-18-39(32)46-43(36)40-33-15-5-8-16-37(33)44(41(34)40)30-21-19-28(20-22-30)27-11-3-2-4-12-27/h2-26,42H,1H3. The Bertz CT molecular complexity index is 2560. The topological polar surface area (TPSA) is 27.3 Å². The molecule has 46 heavy (non-hydrogen) atoms. The van der Waals surface area contributed by atoms with Gasteiger partial charge in [0.1, 0.15) is 23.0 Å². The minimum Gasteiger partial charge on any atom is -0.484 e. The third-order valence-electron chi connectivity index (χ3n) is 9.81. The van der Waals surface area contributed by atoms with Crippen LogP contribution in [0.2, 0.25) is 0 Å². The van der Waals surface area contributed by atoms with E-state index < -0.39 is 0 Å². The molecule has 0 amide bonds. The summed E-state index contributed by atoms with van der Waals surface area (Å²) in [5.41, 5.74) is 12.5. The van der Waals surface area contributed by atoms with Crippen molar-refractivity contribution in [2.75, 3.05) is 0 Å². The smallest absolute Gasteiger partial charge is 0.145 e. The molecule has 1 aliphatic heterocycles. The number of fused-ring (bicyclic) bond motifs is 10. The third-order valence-corrected chi connectivity index (χ3v) is 9.81. The van der Waals surface area contributed by atoms with Gasteiger partial charge < -0.3 is 13.7 Å². The van der Waals surface area contributed by atoms with Crippen LogP contribution in [0.25, 0.3) is 71.7 Å². The molecular weight excluding hydrogens is 562 g/mol. The molecule has 1 aliphatic carbocycles. The lowest BCUT2D eigenvalue weighted by Crippen LogP contribution is -2.23. The summed E-state index contributed by atoms with van der Waals surface area (Å²) >= 11 is 0. The molecule has 0 fully saturated rings. The molecule has 0 saturated carbocycles. The lowest BCUT2D eigenvalue weighted by Gasteiger charge is -2.24. The minimum atomic E-state index is 0.0199. The van der Waals surface area contributed by atoms with Gasteiger partial charge in [-0.15, -0.1) is 0 Å². The largest absolute Gasteiger partial charge is 0.484 e. The molecule has 0 bridgehead atoms. The maximum atomic E-state index is 6.71. The zero-order valence-corrected chi connectivity index (χ0v) is 25.3. The van der Waals surface area contributed by atoms with Crippen LogP contribution in [0.15, 0.2) is 150 Å². The second-order valence-corrected chi connectivity index (χ2v) is 12.5. The molecule has 0 radical (unpaired) electrons. The predicted octanol–water partition coefficient (Wildman–Crippen LogP) is 11.2. The maximum absolute atomic E-state index is 6.71. The molecule has 0 N–H and O–H groups in total. The summed E-state index contributed by atoms with van der Waals surface area (Å²) in [5.74, 6) is 1.17. The van der Waals surface area contributed by atoms with Crippen LogP contribution in [-0.4, -0.2) is 10.7 Å². The van der Waals surface area contributed by atoms with Crippen LogP contribution in [-0.2, 0) is 0 Å². The van der Waals surface area contributed by atoms with E-state index in [4.69, 9.17) is 9.15 Å². The van der Waals surface area contributed by atoms with E-state index in [0.29, 0.717) is 0 Å². The second kappa shape index (κ2) is 9.60. The van der Waals surface area contributed by atoms with Crippen molar-refractivity contribution >= 4 is 54.9 Å². The number of hydrogen-bond acceptors (Lipinski definition) is 2. The molecular formula is C43H29NO2. The zero-order chi connectivity index (χ0) is 30.4. The van der Waals surface area contributed by atoms with Crippen molar-refractivity contribution < 1.29 is 9.15 Å². The Balaban J connectivity index is 1.31. The first-order valence-corrected chi connectivity index (χ1v) is 16.0. The highest BCUT2D eigenvalue weighted by Crippen LogP contribution is 2.49. The predicted molar refractivity (Wildman–Crippen MR) is 189 cm³/mol. The fourth-order valence-corrected chi connectivity index (χ4v) is 7.72. The number of rotatable bonds is 3. The fourth-order valence-electron chi connectivity index (χ4n) is 7.72. The monoisotopic (exact) mass is 591 g/mol. The second-order valence-electron chi connectivity index (χ2n) is 12.5. The summed E-state index contributed by atoms with van der Waals surface area (Å²) in [4.78, 5) is 0. The lowest BCUT2D eigenvalue weighted by molar-refractivity contribution is 0.236. The molecule has 3 heteroatoms. The Morgan fingerprint density at radius 2 is 1.35 bits per heavy atom. The Kier molecular flexibility index (Phi) is 5.32. The molecule has 2 atom stereocenters. The van der Waals surface area contributed by atoms with Crippen molar-refractivity contribution in [2.45, 2.75) is 13.0 Å². The van der Waals surface area contributed by atoms with Gasteiger partial charge in [0.2, 0.25) is 0 Å². The first-order valence-electron chi connectivity index (χ1n) is 16.0.